The summed E-state index contributed by atoms with van der Waals surface area (Å²) in [6, 6.07) is 14.8. The predicted molar refractivity (Wildman–Crippen MR) is 160 cm³/mol. The van der Waals surface area contributed by atoms with E-state index in [2.05, 4.69) is 30.4 Å². The topological polar surface area (TPSA) is 77.9 Å². The van der Waals surface area contributed by atoms with Gasteiger partial charge in [0.1, 0.15) is 11.6 Å². The highest BCUT2D eigenvalue weighted by atomic mass is 32.1. The van der Waals surface area contributed by atoms with Crippen molar-refractivity contribution in [2.75, 3.05) is 44.6 Å². The van der Waals surface area contributed by atoms with Gasteiger partial charge in [-0.05, 0) is 80.4 Å². The number of aliphatic imine (C=N–C) groups is 1. The summed E-state index contributed by atoms with van der Waals surface area (Å²) in [5.41, 5.74) is 3.60. The van der Waals surface area contributed by atoms with Crippen LogP contribution in [-0.2, 0) is 4.74 Å². The van der Waals surface area contributed by atoms with Crippen molar-refractivity contribution in [2.24, 2.45) is 4.99 Å². The molecular weight excluding hydrogens is 544 g/mol. The second-order valence-electron chi connectivity index (χ2n) is 10.4. The molecule has 0 radical (unpaired) electrons. The van der Waals surface area contributed by atoms with Gasteiger partial charge in [-0.1, -0.05) is 24.3 Å². The van der Waals surface area contributed by atoms with Crippen LogP contribution in [0.25, 0.3) is 0 Å². The molecule has 11 heteroatoms. The zero-order valence-electron chi connectivity index (χ0n) is 23.3. The highest BCUT2D eigenvalue weighted by Gasteiger charge is 2.28. The van der Waals surface area contributed by atoms with E-state index in [4.69, 9.17) is 21.9 Å². The Balaban J connectivity index is 1.34. The Morgan fingerprint density at radius 1 is 0.976 bits per heavy atom. The fourth-order valence-corrected chi connectivity index (χ4v) is 5.47. The molecule has 2 aromatic carbocycles. The lowest BCUT2D eigenvalue weighted by atomic mass is 9.96. The van der Waals surface area contributed by atoms with E-state index >= 15 is 0 Å². The summed E-state index contributed by atoms with van der Waals surface area (Å²) in [5, 5.41) is 6.89. The molecule has 0 bridgehead atoms. The highest BCUT2D eigenvalue weighted by Crippen LogP contribution is 2.30. The number of hydrogen-bond donors (Lipinski definition) is 2. The first-order chi connectivity index (χ1) is 19.8. The van der Waals surface area contributed by atoms with Gasteiger partial charge >= 0.3 is 0 Å². The lowest BCUT2D eigenvalue weighted by molar-refractivity contribution is 0.114. The number of aryl methyl sites for hydroxylation is 2. The molecule has 1 unspecified atom stereocenters. The summed E-state index contributed by atoms with van der Waals surface area (Å²) in [4.78, 5) is 18.3. The molecule has 3 aromatic rings. The number of rotatable bonds is 6. The number of aromatic nitrogens is 2. The Hall–Kier alpha value is -3.54. The van der Waals surface area contributed by atoms with Gasteiger partial charge in [-0.2, -0.15) is 4.99 Å². The van der Waals surface area contributed by atoms with Gasteiger partial charge in [0.25, 0.3) is 0 Å². The number of piperazine rings is 1. The van der Waals surface area contributed by atoms with E-state index in [0.29, 0.717) is 49.7 Å². The van der Waals surface area contributed by atoms with Gasteiger partial charge in [0, 0.05) is 50.7 Å². The molecule has 0 aliphatic carbocycles. The summed E-state index contributed by atoms with van der Waals surface area (Å²) >= 11 is 5.58. The number of halogens is 2. The zero-order valence-corrected chi connectivity index (χ0v) is 24.1. The second kappa shape index (κ2) is 13.4. The van der Waals surface area contributed by atoms with Crippen LogP contribution in [0.3, 0.4) is 0 Å². The van der Waals surface area contributed by atoms with Crippen LogP contribution in [0.1, 0.15) is 41.4 Å². The summed E-state index contributed by atoms with van der Waals surface area (Å²) in [6.07, 6.45) is 2.20. The van der Waals surface area contributed by atoms with Crippen LogP contribution in [0.2, 0.25) is 0 Å². The van der Waals surface area contributed by atoms with E-state index in [1.54, 1.807) is 24.3 Å². The van der Waals surface area contributed by atoms with Crippen molar-refractivity contribution < 1.29 is 13.5 Å². The van der Waals surface area contributed by atoms with Gasteiger partial charge in [0.2, 0.25) is 11.9 Å². The van der Waals surface area contributed by atoms with Gasteiger partial charge in [-0.15, -0.1) is 0 Å². The SMILES string of the molecule is Cc1cc(C)nc(N/C(=N/C(=S)NCC2CCCO2)N2CCN(C(c3ccc(F)cc3)c3ccc(F)cc3)CC2)n1. The third-order valence-electron chi connectivity index (χ3n) is 7.27. The minimum Gasteiger partial charge on any atom is -0.376 e. The molecular formula is C30H35F2N7OS. The minimum absolute atomic E-state index is 0.140. The Morgan fingerprint density at radius 2 is 1.56 bits per heavy atom. The van der Waals surface area contributed by atoms with Crippen LogP contribution in [0, 0.1) is 25.5 Å². The number of hydrogen-bond acceptors (Lipinski definition) is 5. The molecule has 3 heterocycles. The first-order valence-corrected chi connectivity index (χ1v) is 14.3. The van der Waals surface area contributed by atoms with Gasteiger partial charge in [-0.3, -0.25) is 10.2 Å². The summed E-state index contributed by atoms with van der Waals surface area (Å²) in [7, 11) is 0. The maximum absolute atomic E-state index is 13.7. The molecule has 2 N–H and O–H groups in total. The van der Waals surface area contributed by atoms with Crippen molar-refractivity contribution in [2.45, 2.75) is 38.8 Å². The molecule has 0 saturated carbocycles. The van der Waals surface area contributed by atoms with E-state index in [1.165, 1.54) is 24.3 Å². The summed E-state index contributed by atoms with van der Waals surface area (Å²) < 4.78 is 33.2. The third kappa shape index (κ3) is 7.81. The van der Waals surface area contributed by atoms with Crippen molar-refractivity contribution in [3.8, 4) is 0 Å². The van der Waals surface area contributed by atoms with Crippen LogP contribution >= 0.6 is 12.2 Å². The monoisotopic (exact) mass is 579 g/mol. The smallest absolute Gasteiger partial charge is 0.229 e. The van der Waals surface area contributed by atoms with E-state index in [0.717, 1.165) is 42.0 Å². The van der Waals surface area contributed by atoms with Crippen molar-refractivity contribution in [3.63, 3.8) is 0 Å². The molecule has 0 amide bonds. The number of benzene rings is 2. The lowest BCUT2D eigenvalue weighted by Gasteiger charge is -2.40. The number of nitrogens with zero attached hydrogens (tertiary/aromatic N) is 5. The molecule has 2 fully saturated rings. The summed E-state index contributed by atoms with van der Waals surface area (Å²) in [6.45, 7) is 7.89. The Bertz CT molecular complexity index is 1290. The fraction of sp³-hybridized carbons (Fsp3) is 0.400. The Kier molecular flexibility index (Phi) is 9.48. The quantitative estimate of drug-likeness (QED) is 0.249. The largest absolute Gasteiger partial charge is 0.376 e. The molecule has 1 atom stereocenters. The molecule has 8 nitrogen and oxygen atoms in total. The molecule has 2 aliphatic heterocycles. The molecule has 216 valence electrons. The van der Waals surface area contributed by atoms with E-state index in [9.17, 15) is 8.78 Å². The first kappa shape index (κ1) is 29.0. The van der Waals surface area contributed by atoms with Crippen molar-refractivity contribution in [1.82, 2.24) is 25.1 Å². The average Bonchev–Trinajstić information content (AvgIpc) is 3.48. The maximum atomic E-state index is 13.7. The van der Waals surface area contributed by atoms with Gasteiger partial charge < -0.3 is 15.0 Å². The first-order valence-electron chi connectivity index (χ1n) is 13.9. The van der Waals surface area contributed by atoms with Crippen LogP contribution in [0.4, 0.5) is 14.7 Å². The van der Waals surface area contributed by atoms with E-state index in [-0.39, 0.29) is 23.8 Å². The normalized spacial score (nSPS) is 18.1. The third-order valence-corrected chi connectivity index (χ3v) is 7.50. The predicted octanol–water partition coefficient (Wildman–Crippen LogP) is 4.60. The molecule has 2 saturated heterocycles. The highest BCUT2D eigenvalue weighted by molar-refractivity contribution is 7.80. The molecule has 41 heavy (non-hydrogen) atoms. The van der Waals surface area contributed by atoms with E-state index < -0.39 is 0 Å². The van der Waals surface area contributed by atoms with Crippen LogP contribution < -0.4 is 10.6 Å². The van der Waals surface area contributed by atoms with Crippen molar-refractivity contribution >= 4 is 29.2 Å². The number of thiocarbonyl (C=S) groups is 1. The molecule has 0 spiro atoms. The summed E-state index contributed by atoms with van der Waals surface area (Å²) in [5.74, 6) is 0.447. The Morgan fingerprint density at radius 3 is 2.10 bits per heavy atom. The van der Waals surface area contributed by atoms with E-state index in [1.807, 2.05) is 19.9 Å². The van der Waals surface area contributed by atoms with Crippen LogP contribution in [0.15, 0.2) is 59.6 Å². The van der Waals surface area contributed by atoms with Gasteiger partial charge in [0.15, 0.2) is 5.11 Å². The standard InChI is InChI=1S/C30H35F2N7OS/c1-20-18-21(2)35-28(34-20)36-29(37-30(41)33-19-26-4-3-17-40-26)39-15-13-38(14-16-39)27(22-5-9-24(31)10-6-22)23-7-11-25(32)12-8-23/h5-12,18,26-27H,3-4,13-17,19H2,1-2H3,(H2,33,34,35,36,37,41). The number of guanidine groups is 1. The van der Waals surface area contributed by atoms with Gasteiger partial charge in [0.05, 0.1) is 12.1 Å². The lowest BCUT2D eigenvalue weighted by Crippen LogP contribution is -2.52. The number of anilines is 1. The average molecular weight is 580 g/mol. The molecule has 1 aromatic heterocycles. The van der Waals surface area contributed by atoms with Crippen LogP contribution in [0.5, 0.6) is 0 Å². The molecule has 2 aliphatic rings. The van der Waals surface area contributed by atoms with Crippen molar-refractivity contribution in [3.05, 3.63) is 88.7 Å². The van der Waals surface area contributed by atoms with Crippen molar-refractivity contribution in [1.29, 1.82) is 0 Å². The number of nitrogens with one attached hydrogen (secondary N) is 2. The fourth-order valence-electron chi connectivity index (χ4n) is 5.30. The second-order valence-corrected chi connectivity index (χ2v) is 10.8. The Labute approximate surface area is 244 Å². The zero-order chi connectivity index (χ0) is 28.8. The molecule has 5 rings (SSSR count). The minimum atomic E-state index is -0.291. The maximum Gasteiger partial charge on any atom is 0.229 e. The van der Waals surface area contributed by atoms with Crippen LogP contribution in [-0.4, -0.2) is 76.3 Å². The van der Waals surface area contributed by atoms with Gasteiger partial charge in [-0.25, -0.2) is 18.7 Å². The number of ether oxygens (including phenoxy) is 1.